The molecule has 1 aliphatic rings. The Morgan fingerprint density at radius 3 is 2.72 bits per heavy atom. The standard InChI is InChI=1S/C13H20ClN3O/c1-3-18-13-10(2)12(15-9-16-13)17-6-4-11(8-14)5-7-17/h9,11H,3-8H2,1-2H3. The smallest absolute Gasteiger partial charge is 0.221 e. The zero-order valence-electron chi connectivity index (χ0n) is 11.0. The Labute approximate surface area is 113 Å². The summed E-state index contributed by atoms with van der Waals surface area (Å²) in [5.74, 6) is 3.11. The molecule has 4 nitrogen and oxygen atoms in total. The molecule has 0 unspecified atom stereocenters. The molecule has 1 aromatic heterocycles. The summed E-state index contributed by atoms with van der Waals surface area (Å²) >= 11 is 5.91. The number of rotatable bonds is 4. The number of halogens is 1. The molecule has 1 saturated heterocycles. The summed E-state index contributed by atoms with van der Waals surface area (Å²) in [5.41, 5.74) is 1.03. The lowest BCUT2D eigenvalue weighted by molar-refractivity contribution is 0.323. The highest BCUT2D eigenvalue weighted by Crippen LogP contribution is 2.28. The van der Waals surface area contributed by atoms with Gasteiger partial charge in [-0.3, -0.25) is 0 Å². The monoisotopic (exact) mass is 269 g/mol. The molecule has 1 fully saturated rings. The molecule has 0 saturated carbocycles. The van der Waals surface area contributed by atoms with Crippen molar-refractivity contribution in [2.45, 2.75) is 26.7 Å². The van der Waals surface area contributed by atoms with Crippen LogP contribution >= 0.6 is 11.6 Å². The van der Waals surface area contributed by atoms with Crippen molar-refractivity contribution in [2.75, 3.05) is 30.5 Å². The molecule has 1 aliphatic heterocycles. The minimum absolute atomic E-state index is 0.631. The van der Waals surface area contributed by atoms with Crippen molar-refractivity contribution in [3.8, 4) is 5.88 Å². The number of ether oxygens (including phenoxy) is 1. The molecule has 0 radical (unpaired) electrons. The molecule has 0 aliphatic carbocycles. The van der Waals surface area contributed by atoms with Gasteiger partial charge < -0.3 is 9.64 Å². The van der Waals surface area contributed by atoms with Gasteiger partial charge in [-0.1, -0.05) is 0 Å². The van der Waals surface area contributed by atoms with Crippen molar-refractivity contribution in [1.82, 2.24) is 9.97 Å². The minimum atomic E-state index is 0.631. The fraction of sp³-hybridized carbons (Fsp3) is 0.692. The van der Waals surface area contributed by atoms with Gasteiger partial charge in [0.2, 0.25) is 5.88 Å². The molecule has 2 rings (SSSR count). The van der Waals surface area contributed by atoms with E-state index in [1.807, 2.05) is 13.8 Å². The Morgan fingerprint density at radius 2 is 2.11 bits per heavy atom. The van der Waals surface area contributed by atoms with E-state index in [2.05, 4.69) is 14.9 Å². The molecule has 0 spiro atoms. The van der Waals surface area contributed by atoms with Gasteiger partial charge in [0.05, 0.1) is 12.2 Å². The Bertz CT molecular complexity index is 392. The molecule has 0 N–H and O–H groups in total. The lowest BCUT2D eigenvalue weighted by Crippen LogP contribution is -2.35. The third kappa shape index (κ3) is 2.86. The summed E-state index contributed by atoms with van der Waals surface area (Å²) in [5, 5.41) is 0. The molecular weight excluding hydrogens is 250 g/mol. The van der Waals surface area contributed by atoms with Crippen LogP contribution in [0.5, 0.6) is 5.88 Å². The van der Waals surface area contributed by atoms with E-state index in [0.29, 0.717) is 18.4 Å². The topological polar surface area (TPSA) is 38.3 Å². The Morgan fingerprint density at radius 1 is 1.39 bits per heavy atom. The zero-order valence-corrected chi connectivity index (χ0v) is 11.8. The van der Waals surface area contributed by atoms with Gasteiger partial charge in [0, 0.05) is 19.0 Å². The van der Waals surface area contributed by atoms with Crippen LogP contribution in [0.3, 0.4) is 0 Å². The van der Waals surface area contributed by atoms with Crippen LogP contribution in [0.4, 0.5) is 5.82 Å². The first-order chi connectivity index (χ1) is 8.76. The predicted octanol–water partition coefficient (Wildman–Crippen LogP) is 2.64. The van der Waals surface area contributed by atoms with E-state index in [1.54, 1.807) is 6.33 Å². The molecular formula is C13H20ClN3O. The van der Waals surface area contributed by atoms with Crippen LogP contribution in [-0.4, -0.2) is 35.5 Å². The summed E-state index contributed by atoms with van der Waals surface area (Å²) in [6.45, 7) is 6.65. The van der Waals surface area contributed by atoms with E-state index in [1.165, 1.54) is 0 Å². The fourth-order valence-corrected chi connectivity index (χ4v) is 2.63. The second-order valence-corrected chi connectivity index (χ2v) is 4.95. The Balaban J connectivity index is 2.11. The van der Waals surface area contributed by atoms with Gasteiger partial charge in [-0.15, -0.1) is 11.6 Å². The summed E-state index contributed by atoms with van der Waals surface area (Å²) in [4.78, 5) is 10.9. The van der Waals surface area contributed by atoms with Gasteiger partial charge in [0.25, 0.3) is 0 Å². The van der Waals surface area contributed by atoms with E-state index < -0.39 is 0 Å². The normalized spacial score (nSPS) is 16.9. The van der Waals surface area contributed by atoms with Crippen molar-refractivity contribution in [3.05, 3.63) is 11.9 Å². The van der Waals surface area contributed by atoms with Crippen molar-refractivity contribution in [2.24, 2.45) is 5.92 Å². The minimum Gasteiger partial charge on any atom is -0.478 e. The van der Waals surface area contributed by atoms with Crippen LogP contribution in [-0.2, 0) is 0 Å². The largest absolute Gasteiger partial charge is 0.478 e. The molecule has 0 aromatic carbocycles. The van der Waals surface area contributed by atoms with E-state index in [4.69, 9.17) is 16.3 Å². The van der Waals surface area contributed by atoms with Crippen LogP contribution in [0, 0.1) is 12.8 Å². The number of anilines is 1. The molecule has 0 bridgehead atoms. The third-order valence-corrected chi connectivity index (χ3v) is 3.86. The highest BCUT2D eigenvalue weighted by Gasteiger charge is 2.21. The number of alkyl halides is 1. The maximum absolute atomic E-state index is 5.91. The Kier molecular flexibility index (Phi) is 4.64. The highest BCUT2D eigenvalue weighted by atomic mass is 35.5. The SMILES string of the molecule is CCOc1ncnc(N2CCC(CCl)CC2)c1C. The maximum atomic E-state index is 5.91. The quantitative estimate of drug-likeness (QED) is 0.788. The van der Waals surface area contributed by atoms with Gasteiger partial charge >= 0.3 is 0 Å². The summed E-state index contributed by atoms with van der Waals surface area (Å²) in [6.07, 6.45) is 3.86. The predicted molar refractivity (Wildman–Crippen MR) is 73.6 cm³/mol. The summed E-state index contributed by atoms with van der Waals surface area (Å²) in [6, 6.07) is 0. The maximum Gasteiger partial charge on any atom is 0.221 e. The van der Waals surface area contributed by atoms with Gasteiger partial charge in [-0.05, 0) is 32.6 Å². The average molecular weight is 270 g/mol. The van der Waals surface area contributed by atoms with Crippen molar-refractivity contribution < 1.29 is 4.74 Å². The lowest BCUT2D eigenvalue weighted by atomic mass is 9.99. The summed E-state index contributed by atoms with van der Waals surface area (Å²) < 4.78 is 5.51. The van der Waals surface area contributed by atoms with Crippen LogP contribution in [0.2, 0.25) is 0 Å². The van der Waals surface area contributed by atoms with Crippen LogP contribution in [0.15, 0.2) is 6.33 Å². The van der Waals surface area contributed by atoms with Crippen molar-refractivity contribution in [1.29, 1.82) is 0 Å². The Hall–Kier alpha value is -1.03. The molecule has 0 amide bonds. The molecule has 18 heavy (non-hydrogen) atoms. The number of piperidine rings is 1. The second kappa shape index (κ2) is 6.23. The number of aromatic nitrogens is 2. The van der Waals surface area contributed by atoms with Gasteiger partial charge in [0.15, 0.2) is 0 Å². The van der Waals surface area contributed by atoms with Crippen LogP contribution in [0.25, 0.3) is 0 Å². The molecule has 1 aromatic rings. The van der Waals surface area contributed by atoms with E-state index in [9.17, 15) is 0 Å². The van der Waals surface area contributed by atoms with Gasteiger partial charge in [0.1, 0.15) is 12.1 Å². The molecule has 2 heterocycles. The number of nitrogens with zero attached hydrogens (tertiary/aromatic N) is 3. The first kappa shape index (κ1) is 13.4. The van der Waals surface area contributed by atoms with E-state index >= 15 is 0 Å². The first-order valence-corrected chi connectivity index (χ1v) is 7.05. The zero-order chi connectivity index (χ0) is 13.0. The molecule has 0 atom stereocenters. The fourth-order valence-electron chi connectivity index (χ4n) is 2.33. The number of hydrogen-bond acceptors (Lipinski definition) is 4. The molecule has 100 valence electrons. The number of hydrogen-bond donors (Lipinski definition) is 0. The van der Waals surface area contributed by atoms with Gasteiger partial charge in [-0.25, -0.2) is 9.97 Å². The van der Waals surface area contributed by atoms with Crippen molar-refractivity contribution >= 4 is 17.4 Å². The van der Waals surface area contributed by atoms with Crippen LogP contribution < -0.4 is 9.64 Å². The second-order valence-electron chi connectivity index (χ2n) is 4.65. The van der Waals surface area contributed by atoms with E-state index in [-0.39, 0.29) is 0 Å². The van der Waals surface area contributed by atoms with Gasteiger partial charge in [-0.2, -0.15) is 0 Å². The average Bonchev–Trinajstić information content (AvgIpc) is 2.42. The third-order valence-electron chi connectivity index (χ3n) is 3.42. The summed E-state index contributed by atoms with van der Waals surface area (Å²) in [7, 11) is 0. The lowest BCUT2D eigenvalue weighted by Gasteiger charge is -2.32. The van der Waals surface area contributed by atoms with Crippen molar-refractivity contribution in [3.63, 3.8) is 0 Å². The highest BCUT2D eigenvalue weighted by molar-refractivity contribution is 6.18. The molecule has 5 heteroatoms. The van der Waals surface area contributed by atoms with Crippen LogP contribution in [0.1, 0.15) is 25.3 Å². The van der Waals surface area contributed by atoms with E-state index in [0.717, 1.165) is 43.2 Å². The first-order valence-electron chi connectivity index (χ1n) is 6.51.